The predicted octanol–water partition coefficient (Wildman–Crippen LogP) is 8.37. The van der Waals surface area contributed by atoms with Gasteiger partial charge in [-0.3, -0.25) is 4.79 Å². The third-order valence-corrected chi connectivity index (χ3v) is 10.3. The number of thioether (sulfide) groups is 1. The van der Waals surface area contributed by atoms with Crippen molar-refractivity contribution in [2.45, 2.75) is 87.0 Å². The Morgan fingerprint density at radius 3 is 1.85 bits per heavy atom. The van der Waals surface area contributed by atoms with E-state index in [1.807, 2.05) is 54.6 Å². The number of Topliss-reactive ketones (excluding diaryl/α,β-unsaturated/α-hetero) is 1. The number of rotatable bonds is 13. The molecule has 0 amide bonds. The summed E-state index contributed by atoms with van der Waals surface area (Å²) in [5, 5.41) is -0.162. The average molecular weight is 637 g/mol. The topological polar surface area (TPSA) is 54.0 Å². The third-order valence-electron chi connectivity index (χ3n) is 8.93. The Kier molecular flexibility index (Phi) is 11.7. The SMILES string of the molecule is Cc1ccc(S[C@@H]2[C@@H](OCc3ccccc3)[C@H](OCc3ccccc3)[C@@H](COCc3ccccc3)O[C@H]2C2CCCCC2=O)cc1. The van der Waals surface area contributed by atoms with Crippen molar-refractivity contribution in [1.82, 2.24) is 0 Å². The number of aryl methyl sites for hydroxylation is 1. The van der Waals surface area contributed by atoms with Gasteiger partial charge in [0.1, 0.15) is 24.1 Å². The summed E-state index contributed by atoms with van der Waals surface area (Å²) in [4.78, 5) is 14.7. The summed E-state index contributed by atoms with van der Waals surface area (Å²) in [7, 11) is 0. The smallest absolute Gasteiger partial charge is 0.138 e. The Hall–Kier alpha value is -3.26. The fourth-order valence-corrected chi connectivity index (χ4v) is 7.82. The number of benzene rings is 4. The second kappa shape index (κ2) is 16.5. The molecule has 1 heterocycles. The Labute approximate surface area is 277 Å². The average Bonchev–Trinajstić information content (AvgIpc) is 3.10. The number of hydrogen-bond donors (Lipinski definition) is 0. The fraction of sp³-hybridized carbons (Fsp3) is 0.375. The van der Waals surface area contributed by atoms with Crippen molar-refractivity contribution in [3.05, 3.63) is 138 Å². The number of carbonyl (C=O) groups is 1. The van der Waals surface area contributed by atoms with E-state index < -0.39 is 12.2 Å². The first-order valence-electron chi connectivity index (χ1n) is 16.5. The molecule has 2 fully saturated rings. The minimum atomic E-state index is -0.419. The van der Waals surface area contributed by atoms with Gasteiger partial charge in [0, 0.05) is 17.2 Å². The van der Waals surface area contributed by atoms with E-state index in [1.165, 1.54) is 5.56 Å². The molecule has 6 heteroatoms. The van der Waals surface area contributed by atoms with Gasteiger partial charge in [-0.25, -0.2) is 0 Å². The third kappa shape index (κ3) is 8.75. The molecule has 0 radical (unpaired) electrons. The van der Waals surface area contributed by atoms with Crippen LogP contribution in [0.5, 0.6) is 0 Å². The van der Waals surface area contributed by atoms with Crippen LogP contribution in [0.4, 0.5) is 0 Å². The molecule has 6 atom stereocenters. The monoisotopic (exact) mass is 636 g/mol. The molecule has 0 N–H and O–H groups in total. The maximum absolute atomic E-state index is 13.5. The van der Waals surface area contributed by atoms with Crippen LogP contribution >= 0.6 is 11.8 Å². The molecule has 240 valence electrons. The molecule has 1 saturated carbocycles. The second-order valence-electron chi connectivity index (χ2n) is 12.4. The van der Waals surface area contributed by atoms with Crippen LogP contribution in [-0.2, 0) is 43.6 Å². The normalized spacial score (nSPS) is 24.9. The number of ketones is 1. The van der Waals surface area contributed by atoms with Crippen LogP contribution in [-0.4, -0.2) is 42.1 Å². The minimum absolute atomic E-state index is 0.162. The summed E-state index contributed by atoms with van der Waals surface area (Å²) in [6, 6.07) is 39.2. The van der Waals surface area contributed by atoms with Gasteiger partial charge in [-0.05, 0) is 48.6 Å². The number of carbonyl (C=O) groups excluding carboxylic acids is 1. The summed E-state index contributed by atoms with van der Waals surface area (Å²) in [5.41, 5.74) is 4.49. The quantitative estimate of drug-likeness (QED) is 0.147. The van der Waals surface area contributed by atoms with E-state index in [0.717, 1.165) is 40.8 Å². The van der Waals surface area contributed by atoms with Crippen molar-refractivity contribution in [3.8, 4) is 0 Å². The van der Waals surface area contributed by atoms with Gasteiger partial charge in [-0.1, -0.05) is 115 Å². The largest absolute Gasteiger partial charge is 0.374 e. The lowest BCUT2D eigenvalue weighted by atomic mass is 9.79. The van der Waals surface area contributed by atoms with Crippen molar-refractivity contribution in [2.24, 2.45) is 5.92 Å². The maximum atomic E-state index is 13.5. The van der Waals surface area contributed by atoms with E-state index >= 15 is 0 Å². The van der Waals surface area contributed by atoms with Gasteiger partial charge >= 0.3 is 0 Å². The van der Waals surface area contributed by atoms with E-state index in [2.05, 4.69) is 67.6 Å². The summed E-state index contributed by atoms with van der Waals surface area (Å²) < 4.78 is 27.1. The first-order chi connectivity index (χ1) is 22.6. The summed E-state index contributed by atoms with van der Waals surface area (Å²) in [6.07, 6.45) is 1.88. The zero-order valence-corrected chi connectivity index (χ0v) is 27.4. The first kappa shape index (κ1) is 32.7. The van der Waals surface area contributed by atoms with Crippen molar-refractivity contribution in [2.75, 3.05) is 6.61 Å². The molecule has 0 aromatic heterocycles. The van der Waals surface area contributed by atoms with Crippen LogP contribution in [0, 0.1) is 12.8 Å². The van der Waals surface area contributed by atoms with E-state index in [4.69, 9.17) is 18.9 Å². The molecule has 4 aromatic carbocycles. The molecule has 1 aliphatic carbocycles. The highest BCUT2D eigenvalue weighted by Crippen LogP contribution is 2.43. The molecule has 1 unspecified atom stereocenters. The van der Waals surface area contributed by atoms with E-state index in [9.17, 15) is 4.79 Å². The predicted molar refractivity (Wildman–Crippen MR) is 183 cm³/mol. The van der Waals surface area contributed by atoms with Crippen molar-refractivity contribution in [1.29, 1.82) is 0 Å². The minimum Gasteiger partial charge on any atom is -0.374 e. The highest BCUT2D eigenvalue weighted by molar-refractivity contribution is 8.00. The van der Waals surface area contributed by atoms with Crippen LogP contribution in [0.15, 0.2) is 120 Å². The van der Waals surface area contributed by atoms with Crippen LogP contribution in [0.1, 0.15) is 47.9 Å². The summed E-state index contributed by atoms with van der Waals surface area (Å²) in [5.74, 6) is 0.103. The molecule has 5 nitrogen and oxygen atoms in total. The van der Waals surface area contributed by atoms with Crippen LogP contribution in [0.25, 0.3) is 0 Å². The molecular weight excluding hydrogens is 593 g/mol. The molecular formula is C40H44O5S. The molecule has 4 aromatic rings. The Morgan fingerprint density at radius 1 is 0.696 bits per heavy atom. The zero-order valence-electron chi connectivity index (χ0n) is 26.5. The van der Waals surface area contributed by atoms with Crippen molar-refractivity contribution < 1.29 is 23.7 Å². The highest BCUT2D eigenvalue weighted by Gasteiger charge is 2.51. The van der Waals surface area contributed by atoms with E-state index in [0.29, 0.717) is 38.6 Å². The summed E-state index contributed by atoms with van der Waals surface area (Å²) >= 11 is 1.75. The maximum Gasteiger partial charge on any atom is 0.138 e. The standard InChI is InChI=1S/C40H44O5S/c1-29-21-23-33(24-22-29)46-40-37(34-19-11-12-20-35(34)41)45-36(28-42-25-30-13-5-2-6-14-30)38(43-26-31-15-7-3-8-16-31)39(40)44-27-32-17-9-4-10-18-32/h2-10,13-18,21-24,34,36-40H,11-12,19-20,25-28H2,1H3/t34?,36-,37+,38-,39+,40+/m1/s1. The lowest BCUT2D eigenvalue weighted by Crippen LogP contribution is -2.61. The van der Waals surface area contributed by atoms with Crippen molar-refractivity contribution >= 4 is 17.5 Å². The van der Waals surface area contributed by atoms with Crippen LogP contribution < -0.4 is 0 Å². The molecule has 6 rings (SSSR count). The number of hydrogen-bond acceptors (Lipinski definition) is 6. The van der Waals surface area contributed by atoms with Gasteiger partial charge < -0.3 is 18.9 Å². The Bertz CT molecular complexity index is 1480. The van der Waals surface area contributed by atoms with Gasteiger partial charge in [0.2, 0.25) is 0 Å². The molecule has 0 bridgehead atoms. The zero-order chi connectivity index (χ0) is 31.6. The van der Waals surface area contributed by atoms with Crippen LogP contribution in [0.3, 0.4) is 0 Å². The second-order valence-corrected chi connectivity index (χ2v) is 13.6. The van der Waals surface area contributed by atoms with Gasteiger partial charge in [-0.2, -0.15) is 0 Å². The molecule has 1 aliphatic heterocycles. The first-order valence-corrected chi connectivity index (χ1v) is 17.4. The van der Waals surface area contributed by atoms with Crippen LogP contribution in [0.2, 0.25) is 0 Å². The lowest BCUT2D eigenvalue weighted by Gasteiger charge is -2.48. The van der Waals surface area contributed by atoms with Gasteiger partial charge in [0.15, 0.2) is 0 Å². The van der Waals surface area contributed by atoms with E-state index in [1.54, 1.807) is 11.8 Å². The highest BCUT2D eigenvalue weighted by atomic mass is 32.2. The number of ether oxygens (including phenoxy) is 4. The van der Waals surface area contributed by atoms with Crippen molar-refractivity contribution in [3.63, 3.8) is 0 Å². The Balaban J connectivity index is 1.35. The van der Waals surface area contributed by atoms with Gasteiger partial charge in [-0.15, -0.1) is 11.8 Å². The molecule has 0 spiro atoms. The fourth-order valence-electron chi connectivity index (χ4n) is 6.46. The van der Waals surface area contributed by atoms with Gasteiger partial charge in [0.25, 0.3) is 0 Å². The van der Waals surface area contributed by atoms with Gasteiger partial charge in [0.05, 0.1) is 37.8 Å². The molecule has 46 heavy (non-hydrogen) atoms. The summed E-state index contributed by atoms with van der Waals surface area (Å²) in [6.45, 7) is 3.75. The lowest BCUT2D eigenvalue weighted by molar-refractivity contribution is -0.225. The molecule has 2 aliphatic rings. The molecule has 1 saturated heterocycles. The Morgan fingerprint density at radius 2 is 1.26 bits per heavy atom. The van der Waals surface area contributed by atoms with E-state index in [-0.39, 0.29) is 23.4 Å².